The molecule has 0 aromatic rings. The minimum absolute atomic E-state index is 0.173. The molecule has 0 radical (unpaired) electrons. The Morgan fingerprint density at radius 3 is 1.61 bits per heavy atom. The van der Waals surface area contributed by atoms with Gasteiger partial charge in [0, 0.05) is 6.42 Å². The number of amides is 1. The lowest BCUT2D eigenvalue weighted by atomic mass is 10.0. The molecular weight excluding hydrogens is 474 g/mol. The predicted molar refractivity (Wildman–Crippen MR) is 162 cm³/mol. The normalized spacial score (nSPS) is 14.6. The Labute approximate surface area is 234 Å². The van der Waals surface area contributed by atoms with E-state index >= 15 is 0 Å². The maximum Gasteiger partial charge on any atom is 0.220 e. The van der Waals surface area contributed by atoms with E-state index in [0.717, 1.165) is 51.4 Å². The van der Waals surface area contributed by atoms with E-state index in [-0.39, 0.29) is 12.5 Å². The van der Waals surface area contributed by atoms with Gasteiger partial charge >= 0.3 is 0 Å². The fraction of sp³-hybridized carbons (Fsp3) is 0.788. The van der Waals surface area contributed by atoms with Gasteiger partial charge < -0.3 is 20.6 Å². The molecular formula is C33H61NO4. The molecule has 4 N–H and O–H groups in total. The summed E-state index contributed by atoms with van der Waals surface area (Å²) < 4.78 is 0. The van der Waals surface area contributed by atoms with Crippen LogP contribution in [0, 0.1) is 0 Å². The van der Waals surface area contributed by atoms with Crippen molar-refractivity contribution in [2.24, 2.45) is 0 Å². The van der Waals surface area contributed by atoms with Gasteiger partial charge in [0.2, 0.25) is 5.91 Å². The van der Waals surface area contributed by atoms with E-state index < -0.39 is 18.2 Å². The monoisotopic (exact) mass is 535 g/mol. The summed E-state index contributed by atoms with van der Waals surface area (Å²) in [6, 6.07) is -0.832. The van der Waals surface area contributed by atoms with E-state index in [0.29, 0.717) is 12.8 Å². The number of hydrogen-bond donors (Lipinski definition) is 4. The zero-order valence-corrected chi connectivity index (χ0v) is 24.8. The summed E-state index contributed by atoms with van der Waals surface area (Å²) in [5.41, 5.74) is 0. The Hall–Kier alpha value is -1.43. The average molecular weight is 536 g/mol. The highest BCUT2D eigenvalue weighted by atomic mass is 16.3. The van der Waals surface area contributed by atoms with Crippen LogP contribution in [0.1, 0.15) is 142 Å². The van der Waals surface area contributed by atoms with Crippen molar-refractivity contribution >= 4 is 5.91 Å². The molecule has 0 heterocycles. The molecule has 0 aliphatic rings. The molecule has 1 amide bonds. The third-order valence-corrected chi connectivity index (χ3v) is 6.94. The third kappa shape index (κ3) is 23.7. The second-order valence-electron chi connectivity index (χ2n) is 10.6. The van der Waals surface area contributed by atoms with Gasteiger partial charge in [0.05, 0.1) is 18.8 Å². The number of aliphatic hydroxyl groups excluding tert-OH is 3. The highest BCUT2D eigenvalue weighted by molar-refractivity contribution is 5.76. The first kappa shape index (κ1) is 36.6. The fourth-order valence-electron chi connectivity index (χ4n) is 4.40. The Balaban J connectivity index is 3.87. The van der Waals surface area contributed by atoms with Gasteiger partial charge in [0.1, 0.15) is 6.10 Å². The molecule has 0 rings (SSSR count). The molecule has 0 saturated carbocycles. The molecule has 3 atom stereocenters. The Bertz CT molecular complexity index is 602. The molecule has 0 aromatic carbocycles. The largest absolute Gasteiger partial charge is 0.394 e. The summed E-state index contributed by atoms with van der Waals surface area (Å²) in [6.45, 7) is 4.06. The first-order valence-electron chi connectivity index (χ1n) is 15.8. The van der Waals surface area contributed by atoms with Crippen molar-refractivity contribution in [3.05, 3.63) is 36.5 Å². The molecule has 0 saturated heterocycles. The van der Waals surface area contributed by atoms with Gasteiger partial charge in [-0.05, 0) is 77.0 Å². The molecule has 0 aliphatic carbocycles. The quantitative estimate of drug-likeness (QED) is 0.0641. The number of hydrogen-bond acceptors (Lipinski definition) is 4. The molecule has 5 heteroatoms. The van der Waals surface area contributed by atoms with Gasteiger partial charge in [-0.15, -0.1) is 0 Å². The van der Waals surface area contributed by atoms with Gasteiger partial charge in [-0.3, -0.25) is 4.79 Å². The second-order valence-corrected chi connectivity index (χ2v) is 10.6. The van der Waals surface area contributed by atoms with E-state index in [1.807, 2.05) is 0 Å². The zero-order chi connectivity index (χ0) is 28.1. The maximum atomic E-state index is 12.3. The molecule has 0 aromatic heterocycles. The van der Waals surface area contributed by atoms with Crippen molar-refractivity contribution in [2.75, 3.05) is 6.61 Å². The van der Waals surface area contributed by atoms with E-state index in [9.17, 15) is 20.1 Å². The molecule has 0 spiro atoms. The van der Waals surface area contributed by atoms with Crippen molar-refractivity contribution in [3.8, 4) is 0 Å². The van der Waals surface area contributed by atoms with Crippen molar-refractivity contribution in [2.45, 2.75) is 161 Å². The predicted octanol–water partition coefficient (Wildman–Crippen LogP) is 7.70. The lowest BCUT2D eigenvalue weighted by molar-refractivity contribution is -0.124. The van der Waals surface area contributed by atoms with Crippen LogP contribution in [0.15, 0.2) is 36.5 Å². The summed E-state index contributed by atoms with van der Waals surface area (Å²) in [7, 11) is 0. The SMILES string of the molecule is CCCCC/C=C\CCCCCCCC(=O)NC(CO)C(O)C(O)CCC/C=C/CC/C=C/CCCCC. The zero-order valence-electron chi connectivity index (χ0n) is 24.8. The number of aliphatic hydroxyl groups is 3. The van der Waals surface area contributed by atoms with Gasteiger partial charge in [0.25, 0.3) is 0 Å². The van der Waals surface area contributed by atoms with E-state index in [1.165, 1.54) is 64.2 Å². The Morgan fingerprint density at radius 1 is 0.632 bits per heavy atom. The van der Waals surface area contributed by atoms with Crippen LogP contribution >= 0.6 is 0 Å². The topological polar surface area (TPSA) is 89.8 Å². The van der Waals surface area contributed by atoms with Crippen LogP contribution in [0.2, 0.25) is 0 Å². The number of unbranched alkanes of at least 4 members (excludes halogenated alkanes) is 13. The van der Waals surface area contributed by atoms with Crippen LogP contribution < -0.4 is 5.32 Å². The number of carbonyl (C=O) groups is 1. The van der Waals surface area contributed by atoms with Crippen LogP contribution in [-0.4, -0.2) is 46.1 Å². The Morgan fingerprint density at radius 2 is 1.08 bits per heavy atom. The van der Waals surface area contributed by atoms with Crippen LogP contribution in [0.3, 0.4) is 0 Å². The van der Waals surface area contributed by atoms with E-state index in [1.54, 1.807) is 0 Å². The molecule has 222 valence electrons. The highest BCUT2D eigenvalue weighted by Gasteiger charge is 2.26. The minimum atomic E-state index is -1.17. The number of carbonyl (C=O) groups excluding carboxylic acids is 1. The van der Waals surface area contributed by atoms with Crippen LogP contribution in [0.5, 0.6) is 0 Å². The minimum Gasteiger partial charge on any atom is -0.394 e. The van der Waals surface area contributed by atoms with E-state index in [4.69, 9.17) is 0 Å². The second kappa shape index (κ2) is 28.6. The molecule has 3 unspecified atom stereocenters. The summed E-state index contributed by atoms with van der Waals surface area (Å²) in [5.74, 6) is -0.173. The molecule has 38 heavy (non-hydrogen) atoms. The van der Waals surface area contributed by atoms with Gasteiger partial charge in [-0.25, -0.2) is 0 Å². The van der Waals surface area contributed by atoms with Crippen LogP contribution in [0.25, 0.3) is 0 Å². The average Bonchev–Trinajstić information content (AvgIpc) is 2.92. The van der Waals surface area contributed by atoms with Crippen molar-refractivity contribution in [3.63, 3.8) is 0 Å². The van der Waals surface area contributed by atoms with Crippen molar-refractivity contribution < 1.29 is 20.1 Å². The van der Waals surface area contributed by atoms with Crippen LogP contribution in [-0.2, 0) is 4.79 Å². The molecule has 5 nitrogen and oxygen atoms in total. The van der Waals surface area contributed by atoms with Crippen molar-refractivity contribution in [1.82, 2.24) is 5.32 Å². The molecule has 0 fully saturated rings. The van der Waals surface area contributed by atoms with Gasteiger partial charge in [-0.2, -0.15) is 0 Å². The van der Waals surface area contributed by atoms with Crippen LogP contribution in [0.4, 0.5) is 0 Å². The first-order chi connectivity index (χ1) is 18.6. The Kier molecular flexibility index (Phi) is 27.5. The van der Waals surface area contributed by atoms with Crippen molar-refractivity contribution in [1.29, 1.82) is 0 Å². The lowest BCUT2D eigenvalue weighted by Crippen LogP contribution is -2.50. The number of nitrogens with one attached hydrogen (secondary N) is 1. The third-order valence-electron chi connectivity index (χ3n) is 6.94. The highest BCUT2D eigenvalue weighted by Crippen LogP contribution is 2.12. The fourth-order valence-corrected chi connectivity index (χ4v) is 4.40. The molecule has 0 bridgehead atoms. The summed E-state index contributed by atoms with van der Waals surface area (Å²) in [4.78, 5) is 12.3. The summed E-state index contributed by atoms with van der Waals surface area (Å²) in [6.07, 6.45) is 32.3. The summed E-state index contributed by atoms with van der Waals surface area (Å²) >= 11 is 0. The standard InChI is InChI=1S/C33H61NO4/c1-3-5-7-9-11-13-15-17-19-21-23-25-27-31(36)33(38)30(29-35)34-32(37)28-26-24-22-20-18-16-14-12-10-8-6-4-2/h11-14,19,21,30-31,33,35-36,38H,3-10,15-18,20,22-29H2,1-2H3,(H,34,37)/b13-11+,14-12-,21-19+. The number of rotatable bonds is 27. The van der Waals surface area contributed by atoms with Gasteiger partial charge in [0.15, 0.2) is 0 Å². The smallest absolute Gasteiger partial charge is 0.220 e. The van der Waals surface area contributed by atoms with Gasteiger partial charge in [-0.1, -0.05) is 95.2 Å². The number of allylic oxidation sites excluding steroid dienone is 6. The summed E-state index contributed by atoms with van der Waals surface area (Å²) in [5, 5.41) is 33.1. The van der Waals surface area contributed by atoms with E-state index in [2.05, 4.69) is 55.6 Å². The molecule has 0 aliphatic heterocycles. The first-order valence-corrected chi connectivity index (χ1v) is 15.8. The lowest BCUT2D eigenvalue weighted by Gasteiger charge is -2.26. The maximum absolute atomic E-state index is 12.3.